The van der Waals surface area contributed by atoms with Gasteiger partial charge in [-0.2, -0.15) is 10.1 Å². The number of aromatic nitrogens is 3. The van der Waals surface area contributed by atoms with Crippen LogP contribution < -0.4 is 4.90 Å². The molecule has 1 atom stereocenters. The van der Waals surface area contributed by atoms with Crippen molar-refractivity contribution in [3.05, 3.63) is 53.0 Å². The van der Waals surface area contributed by atoms with E-state index in [-0.39, 0.29) is 19.1 Å². The second kappa shape index (κ2) is 9.14. The minimum absolute atomic E-state index is 0.0304. The van der Waals surface area contributed by atoms with Crippen LogP contribution in [0.2, 0.25) is 0 Å². The molecule has 0 aliphatic carbocycles. The van der Waals surface area contributed by atoms with Crippen molar-refractivity contribution in [3.63, 3.8) is 0 Å². The molecule has 1 fully saturated rings. The molecule has 1 aromatic heterocycles. The summed E-state index contributed by atoms with van der Waals surface area (Å²) < 4.78 is 7.14. The topological polar surface area (TPSA) is 80.6 Å². The fourth-order valence-corrected chi connectivity index (χ4v) is 4.44. The van der Waals surface area contributed by atoms with E-state index < -0.39 is 12.0 Å². The highest BCUT2D eigenvalue weighted by Crippen LogP contribution is 2.38. The van der Waals surface area contributed by atoms with E-state index in [4.69, 9.17) is 4.74 Å². The summed E-state index contributed by atoms with van der Waals surface area (Å²) in [5.74, 6) is 0.827. The van der Waals surface area contributed by atoms with E-state index in [1.165, 1.54) is 6.33 Å². The van der Waals surface area contributed by atoms with Gasteiger partial charge >= 0.3 is 5.97 Å². The van der Waals surface area contributed by atoms with Crippen LogP contribution in [-0.2, 0) is 14.3 Å². The summed E-state index contributed by atoms with van der Waals surface area (Å²) in [7, 11) is 0. The maximum atomic E-state index is 13.1. The van der Waals surface area contributed by atoms with Crippen LogP contribution in [0.25, 0.3) is 0 Å². The third-order valence-electron chi connectivity index (χ3n) is 6.43. The average molecular weight is 438 g/mol. The Hall–Kier alpha value is -3.16. The first kappa shape index (κ1) is 22.0. The van der Waals surface area contributed by atoms with Crippen LogP contribution in [0.1, 0.15) is 50.8 Å². The number of piperidine rings is 1. The molecule has 2 aliphatic rings. The molecule has 0 radical (unpaired) electrons. The lowest BCUT2D eigenvalue weighted by atomic mass is 9.94. The number of fused-ring (bicyclic) bond motifs is 1. The molecule has 0 unspecified atom stereocenters. The lowest BCUT2D eigenvalue weighted by Crippen LogP contribution is -2.46. The predicted molar refractivity (Wildman–Crippen MR) is 121 cm³/mol. The van der Waals surface area contributed by atoms with Crippen molar-refractivity contribution in [2.75, 3.05) is 31.1 Å². The maximum Gasteiger partial charge on any atom is 0.338 e. The van der Waals surface area contributed by atoms with Gasteiger partial charge in [0.1, 0.15) is 18.9 Å². The molecule has 1 aromatic carbocycles. The number of ether oxygens (including phenoxy) is 1. The molecule has 0 spiro atoms. The Kier molecular flexibility index (Phi) is 6.30. The number of carbonyl (C=O) groups is 2. The summed E-state index contributed by atoms with van der Waals surface area (Å²) in [5, 5.41) is 4.44. The van der Waals surface area contributed by atoms with Crippen LogP contribution in [-0.4, -0.2) is 57.8 Å². The molecule has 8 heteroatoms. The highest BCUT2D eigenvalue weighted by Gasteiger charge is 2.39. The Morgan fingerprint density at radius 2 is 1.81 bits per heavy atom. The number of aryl methyl sites for hydroxylation is 1. The summed E-state index contributed by atoms with van der Waals surface area (Å²) in [6, 6.07) is 7.55. The Balaban J connectivity index is 1.72. The second-order valence-corrected chi connectivity index (χ2v) is 8.69. The van der Waals surface area contributed by atoms with Gasteiger partial charge in [-0.3, -0.25) is 4.79 Å². The number of amides is 1. The van der Waals surface area contributed by atoms with Crippen molar-refractivity contribution in [3.8, 4) is 0 Å². The summed E-state index contributed by atoms with van der Waals surface area (Å²) in [6.45, 7) is 9.80. The number of rotatable bonds is 5. The summed E-state index contributed by atoms with van der Waals surface area (Å²) in [6.07, 6.45) is 3.50. The minimum Gasteiger partial charge on any atom is -0.463 e. The summed E-state index contributed by atoms with van der Waals surface area (Å²) in [4.78, 5) is 34.4. The zero-order chi connectivity index (χ0) is 22.8. The average Bonchev–Trinajstić information content (AvgIpc) is 3.26. The fraction of sp³-hybridized carbons (Fsp3) is 0.500. The van der Waals surface area contributed by atoms with Crippen molar-refractivity contribution in [2.45, 2.75) is 46.6 Å². The molecule has 1 saturated heterocycles. The molecule has 3 heterocycles. The van der Waals surface area contributed by atoms with Crippen LogP contribution >= 0.6 is 0 Å². The lowest BCUT2D eigenvalue weighted by Gasteiger charge is -2.37. The van der Waals surface area contributed by atoms with Gasteiger partial charge in [-0.05, 0) is 45.1 Å². The molecular weight excluding hydrogens is 406 g/mol. The smallest absolute Gasteiger partial charge is 0.338 e. The Morgan fingerprint density at radius 1 is 1.12 bits per heavy atom. The number of nitrogens with zero attached hydrogens (tertiary/aromatic N) is 5. The van der Waals surface area contributed by atoms with Crippen LogP contribution in [0, 0.1) is 12.8 Å². The van der Waals surface area contributed by atoms with E-state index in [1.807, 2.05) is 43.0 Å². The first-order valence-electron chi connectivity index (χ1n) is 11.3. The van der Waals surface area contributed by atoms with Gasteiger partial charge in [-0.15, -0.1) is 0 Å². The Morgan fingerprint density at radius 3 is 2.47 bits per heavy atom. The van der Waals surface area contributed by atoms with E-state index in [0.717, 1.165) is 37.1 Å². The number of allylic oxidation sites excluding steroid dienone is 1. The highest BCUT2D eigenvalue weighted by atomic mass is 16.5. The van der Waals surface area contributed by atoms with E-state index in [0.29, 0.717) is 23.1 Å². The first-order chi connectivity index (χ1) is 15.4. The number of hydrogen-bond acceptors (Lipinski definition) is 6. The van der Waals surface area contributed by atoms with E-state index in [9.17, 15) is 9.59 Å². The van der Waals surface area contributed by atoms with Gasteiger partial charge in [0.05, 0.1) is 12.2 Å². The number of benzene rings is 1. The molecular formula is C24H31N5O3. The normalized spacial score (nSPS) is 19.2. The zero-order valence-electron chi connectivity index (χ0n) is 19.2. The molecule has 8 nitrogen and oxygen atoms in total. The number of carbonyl (C=O) groups excluding carboxylic acids is 2. The van der Waals surface area contributed by atoms with Crippen LogP contribution in [0.4, 0.5) is 5.95 Å². The Labute approximate surface area is 188 Å². The molecule has 170 valence electrons. The molecule has 0 N–H and O–H groups in total. The molecule has 4 rings (SSSR count). The number of esters is 1. The van der Waals surface area contributed by atoms with Crippen molar-refractivity contribution in [1.82, 2.24) is 19.7 Å². The van der Waals surface area contributed by atoms with Crippen molar-refractivity contribution in [1.29, 1.82) is 0 Å². The minimum atomic E-state index is -0.464. The van der Waals surface area contributed by atoms with E-state index in [1.54, 1.807) is 16.5 Å². The number of hydrogen-bond donors (Lipinski definition) is 0. The third-order valence-corrected chi connectivity index (χ3v) is 6.43. The largest absolute Gasteiger partial charge is 0.463 e. The standard InChI is InChI=1S/C24H31N5O3/c1-5-32-23(31)21-18(4)28(14-20(30)27-12-10-17(3)11-13-27)24-25-15-26-29(24)22(21)19-8-6-16(2)7-9-19/h6-9,15,17,22H,5,10-14H2,1-4H3/t22-/m1/s1. The molecule has 1 amide bonds. The summed E-state index contributed by atoms with van der Waals surface area (Å²) >= 11 is 0. The van der Waals surface area contributed by atoms with Gasteiger partial charge in [0.2, 0.25) is 11.9 Å². The molecule has 2 aromatic rings. The fourth-order valence-electron chi connectivity index (χ4n) is 4.44. The Bertz CT molecular complexity index is 1020. The maximum absolute atomic E-state index is 13.1. The van der Waals surface area contributed by atoms with Gasteiger partial charge < -0.3 is 14.5 Å². The van der Waals surface area contributed by atoms with Crippen LogP contribution in [0.5, 0.6) is 0 Å². The third kappa shape index (κ3) is 4.13. The van der Waals surface area contributed by atoms with E-state index >= 15 is 0 Å². The van der Waals surface area contributed by atoms with Crippen molar-refractivity contribution in [2.24, 2.45) is 5.92 Å². The van der Waals surface area contributed by atoms with Gasteiger partial charge in [0.25, 0.3) is 0 Å². The van der Waals surface area contributed by atoms with Gasteiger partial charge in [0.15, 0.2) is 0 Å². The molecule has 32 heavy (non-hydrogen) atoms. The quantitative estimate of drug-likeness (QED) is 0.669. The van der Waals surface area contributed by atoms with Crippen LogP contribution in [0.15, 0.2) is 41.9 Å². The number of likely N-dealkylation sites (tertiary alicyclic amines) is 1. The van der Waals surface area contributed by atoms with E-state index in [2.05, 4.69) is 17.0 Å². The van der Waals surface area contributed by atoms with Crippen molar-refractivity contribution < 1.29 is 14.3 Å². The SMILES string of the molecule is CCOC(=O)C1=C(C)N(CC(=O)N2CCC(C)CC2)c2ncnn2[C@@H]1c1ccc(C)cc1. The first-order valence-corrected chi connectivity index (χ1v) is 11.3. The van der Waals surface area contributed by atoms with Gasteiger partial charge in [-0.25, -0.2) is 9.48 Å². The zero-order valence-corrected chi connectivity index (χ0v) is 19.2. The second-order valence-electron chi connectivity index (χ2n) is 8.69. The molecule has 0 bridgehead atoms. The predicted octanol–water partition coefficient (Wildman–Crippen LogP) is 3.09. The monoisotopic (exact) mass is 437 g/mol. The summed E-state index contributed by atoms with van der Waals surface area (Å²) in [5.41, 5.74) is 3.20. The van der Waals surface area contributed by atoms with Gasteiger partial charge in [-0.1, -0.05) is 36.8 Å². The number of anilines is 1. The van der Waals surface area contributed by atoms with Crippen molar-refractivity contribution >= 4 is 17.8 Å². The van der Waals surface area contributed by atoms with Crippen LogP contribution in [0.3, 0.4) is 0 Å². The molecule has 0 saturated carbocycles. The van der Waals surface area contributed by atoms with Gasteiger partial charge in [0, 0.05) is 18.8 Å². The highest BCUT2D eigenvalue weighted by molar-refractivity contribution is 5.93. The molecule has 2 aliphatic heterocycles. The lowest BCUT2D eigenvalue weighted by molar-refractivity contribution is -0.139.